The number of esters is 1. The number of carbonyl (C=O) groups is 2. The summed E-state index contributed by atoms with van der Waals surface area (Å²) in [6.45, 7) is 4.46. The van der Waals surface area contributed by atoms with Gasteiger partial charge in [-0.25, -0.2) is 9.59 Å². The number of benzene rings is 1. The van der Waals surface area contributed by atoms with Crippen molar-refractivity contribution in [3.63, 3.8) is 0 Å². The molecule has 1 aromatic rings. The Morgan fingerprint density at radius 1 is 1.28 bits per heavy atom. The zero-order chi connectivity index (χ0) is 20.6. The summed E-state index contributed by atoms with van der Waals surface area (Å²) in [7, 11) is 1.35. The molecule has 3 aliphatic rings. The number of amides is 1. The summed E-state index contributed by atoms with van der Waals surface area (Å²) in [5.41, 5.74) is 1.42. The zero-order valence-electron chi connectivity index (χ0n) is 17.3. The van der Waals surface area contributed by atoms with Gasteiger partial charge in [-0.15, -0.1) is 0 Å². The fourth-order valence-electron chi connectivity index (χ4n) is 5.14. The molecule has 6 heteroatoms. The predicted octanol–water partition coefficient (Wildman–Crippen LogP) is 4.28. The van der Waals surface area contributed by atoms with Gasteiger partial charge in [-0.05, 0) is 37.8 Å². The van der Waals surface area contributed by atoms with Crippen LogP contribution in [0, 0.1) is 12.8 Å². The van der Waals surface area contributed by atoms with E-state index in [4.69, 9.17) is 14.2 Å². The van der Waals surface area contributed by atoms with Gasteiger partial charge >= 0.3 is 12.1 Å². The van der Waals surface area contributed by atoms with Crippen molar-refractivity contribution in [2.45, 2.75) is 63.6 Å². The maximum absolute atomic E-state index is 12.8. The van der Waals surface area contributed by atoms with Crippen molar-refractivity contribution < 1.29 is 23.8 Å². The number of ether oxygens (including phenoxy) is 3. The molecule has 1 amide bonds. The third-order valence-electron chi connectivity index (χ3n) is 6.62. The summed E-state index contributed by atoms with van der Waals surface area (Å²) < 4.78 is 16.8. The van der Waals surface area contributed by atoms with E-state index in [1.54, 1.807) is 4.90 Å². The van der Waals surface area contributed by atoms with Gasteiger partial charge in [-0.2, -0.15) is 0 Å². The van der Waals surface area contributed by atoms with Crippen LogP contribution in [0.5, 0.6) is 0 Å². The fourth-order valence-corrected chi connectivity index (χ4v) is 5.14. The molecule has 2 heterocycles. The first-order chi connectivity index (χ1) is 14.0. The van der Waals surface area contributed by atoms with Crippen LogP contribution in [-0.2, 0) is 19.0 Å². The number of aryl methyl sites for hydroxylation is 1. The highest BCUT2D eigenvalue weighted by molar-refractivity contribution is 5.86. The molecule has 2 aliphatic heterocycles. The molecule has 1 saturated heterocycles. The van der Waals surface area contributed by atoms with E-state index < -0.39 is 11.7 Å². The molecule has 0 aromatic heterocycles. The number of carbonyl (C=O) groups excluding carboxylic acids is 2. The quantitative estimate of drug-likeness (QED) is 0.707. The van der Waals surface area contributed by atoms with E-state index in [1.807, 2.05) is 13.0 Å². The Morgan fingerprint density at radius 2 is 2.03 bits per heavy atom. The van der Waals surface area contributed by atoms with Crippen molar-refractivity contribution >= 4 is 12.1 Å². The molecule has 2 fully saturated rings. The summed E-state index contributed by atoms with van der Waals surface area (Å²) >= 11 is 0. The minimum atomic E-state index is -0.889. The lowest BCUT2D eigenvalue weighted by Crippen LogP contribution is -2.62. The third-order valence-corrected chi connectivity index (χ3v) is 6.62. The largest absolute Gasteiger partial charge is 0.463 e. The van der Waals surface area contributed by atoms with Gasteiger partial charge in [0.1, 0.15) is 6.61 Å². The molecule has 1 aromatic carbocycles. The molecule has 0 bridgehead atoms. The molecule has 0 unspecified atom stereocenters. The number of hydrogen-bond acceptors (Lipinski definition) is 5. The summed E-state index contributed by atoms with van der Waals surface area (Å²) in [5, 5.41) is 0. The van der Waals surface area contributed by atoms with Crippen LogP contribution >= 0.6 is 0 Å². The standard InChI is InChI=1S/C23H29NO5/c1-4-17-14-28-22(26)24(17)23-12-6-5-7-19(23)18(13-20(29-23)21(25)27-3)16-10-8-15(2)9-11-16/h8-11,13,17-19H,4-7,12,14H2,1-3H3/t17-,18-,19-,23-/m1/s1. The van der Waals surface area contributed by atoms with E-state index in [0.29, 0.717) is 13.0 Å². The van der Waals surface area contributed by atoms with Crippen molar-refractivity contribution in [1.29, 1.82) is 0 Å². The Bertz CT molecular complexity index is 817. The first-order valence-electron chi connectivity index (χ1n) is 10.5. The number of methoxy groups -OCH3 is 1. The van der Waals surface area contributed by atoms with Crippen LogP contribution in [0.3, 0.4) is 0 Å². The van der Waals surface area contributed by atoms with E-state index in [1.165, 1.54) is 12.7 Å². The lowest BCUT2D eigenvalue weighted by molar-refractivity contribution is -0.192. The maximum atomic E-state index is 12.8. The summed E-state index contributed by atoms with van der Waals surface area (Å²) in [6, 6.07) is 8.32. The van der Waals surface area contributed by atoms with Crippen molar-refractivity contribution in [2.24, 2.45) is 5.92 Å². The van der Waals surface area contributed by atoms with Crippen LogP contribution in [0.4, 0.5) is 4.79 Å². The smallest absolute Gasteiger partial charge is 0.413 e. The number of allylic oxidation sites excluding steroid dienone is 1. The van der Waals surface area contributed by atoms with E-state index >= 15 is 0 Å². The molecule has 6 nitrogen and oxygen atoms in total. The zero-order valence-corrected chi connectivity index (χ0v) is 17.3. The average Bonchev–Trinajstić information content (AvgIpc) is 3.14. The SMILES string of the molecule is CC[C@@H]1COC(=O)N1[C@@]12CCCC[C@@H]1[C@@H](c1ccc(C)cc1)C=C(C(=O)OC)O2. The van der Waals surface area contributed by atoms with Crippen molar-refractivity contribution in [3.8, 4) is 0 Å². The Hall–Kier alpha value is -2.50. The average molecular weight is 399 g/mol. The summed E-state index contributed by atoms with van der Waals surface area (Å²) in [5.74, 6) is -0.311. The second-order valence-corrected chi connectivity index (χ2v) is 8.27. The number of hydrogen-bond donors (Lipinski definition) is 0. The van der Waals surface area contributed by atoms with Crippen LogP contribution in [0.1, 0.15) is 56.1 Å². The molecule has 156 valence electrons. The van der Waals surface area contributed by atoms with Gasteiger partial charge in [0.25, 0.3) is 0 Å². The minimum absolute atomic E-state index is 0.0374. The lowest BCUT2D eigenvalue weighted by Gasteiger charge is -2.54. The number of nitrogens with zero attached hydrogens (tertiary/aromatic N) is 1. The fraction of sp³-hybridized carbons (Fsp3) is 0.565. The van der Waals surface area contributed by atoms with Gasteiger partial charge < -0.3 is 14.2 Å². The van der Waals surface area contributed by atoms with Gasteiger partial charge in [0.05, 0.1) is 13.2 Å². The van der Waals surface area contributed by atoms with Crippen LogP contribution < -0.4 is 0 Å². The van der Waals surface area contributed by atoms with E-state index in [9.17, 15) is 9.59 Å². The molecule has 0 spiro atoms. The third kappa shape index (κ3) is 3.28. The number of fused-ring (bicyclic) bond motifs is 1. The van der Waals surface area contributed by atoms with Crippen LogP contribution in [0.15, 0.2) is 36.1 Å². The van der Waals surface area contributed by atoms with Crippen molar-refractivity contribution in [2.75, 3.05) is 13.7 Å². The molecule has 0 N–H and O–H groups in total. The second-order valence-electron chi connectivity index (χ2n) is 8.27. The Morgan fingerprint density at radius 3 is 2.72 bits per heavy atom. The molecule has 4 atom stereocenters. The van der Waals surface area contributed by atoms with Crippen LogP contribution in [-0.4, -0.2) is 42.4 Å². The molecule has 1 saturated carbocycles. The highest BCUT2D eigenvalue weighted by Gasteiger charge is 2.59. The van der Waals surface area contributed by atoms with Crippen LogP contribution in [0.25, 0.3) is 0 Å². The normalized spacial score (nSPS) is 31.4. The highest BCUT2D eigenvalue weighted by Crippen LogP contribution is 2.53. The molecule has 0 radical (unpaired) electrons. The van der Waals surface area contributed by atoms with E-state index in [-0.39, 0.29) is 29.7 Å². The maximum Gasteiger partial charge on any atom is 0.413 e. The molecule has 29 heavy (non-hydrogen) atoms. The highest BCUT2D eigenvalue weighted by atomic mass is 16.6. The first kappa shape index (κ1) is 19.8. The molecule has 1 aliphatic carbocycles. The van der Waals surface area contributed by atoms with E-state index in [0.717, 1.165) is 31.2 Å². The Balaban J connectivity index is 1.84. The van der Waals surface area contributed by atoms with Gasteiger partial charge in [0.2, 0.25) is 5.76 Å². The topological polar surface area (TPSA) is 65.1 Å². The lowest BCUT2D eigenvalue weighted by atomic mass is 9.68. The molecular formula is C23H29NO5. The summed E-state index contributed by atoms with van der Waals surface area (Å²) in [6.07, 6.45) is 5.91. The van der Waals surface area contributed by atoms with Crippen molar-refractivity contribution in [3.05, 3.63) is 47.2 Å². The summed E-state index contributed by atoms with van der Waals surface area (Å²) in [4.78, 5) is 27.1. The minimum Gasteiger partial charge on any atom is -0.463 e. The molecule has 4 rings (SSSR count). The number of rotatable bonds is 4. The van der Waals surface area contributed by atoms with Gasteiger partial charge in [0, 0.05) is 18.3 Å². The predicted molar refractivity (Wildman–Crippen MR) is 107 cm³/mol. The van der Waals surface area contributed by atoms with E-state index in [2.05, 4.69) is 31.2 Å². The van der Waals surface area contributed by atoms with Gasteiger partial charge in [0.15, 0.2) is 5.72 Å². The van der Waals surface area contributed by atoms with Crippen molar-refractivity contribution in [1.82, 2.24) is 4.90 Å². The Labute approximate surface area is 171 Å². The first-order valence-corrected chi connectivity index (χ1v) is 10.5. The Kier molecular flexibility index (Phi) is 5.28. The van der Waals surface area contributed by atoms with Gasteiger partial charge in [-0.3, -0.25) is 4.90 Å². The molecular weight excluding hydrogens is 370 g/mol. The van der Waals surface area contributed by atoms with Gasteiger partial charge in [-0.1, -0.05) is 43.2 Å². The second kappa shape index (κ2) is 7.73. The van der Waals surface area contributed by atoms with Crippen LogP contribution in [0.2, 0.25) is 0 Å². The number of cyclic esters (lactones) is 1. The monoisotopic (exact) mass is 399 g/mol.